The highest BCUT2D eigenvalue weighted by molar-refractivity contribution is 7.10. The molecule has 7 nitrogen and oxygen atoms in total. The van der Waals surface area contributed by atoms with Crippen molar-refractivity contribution in [3.63, 3.8) is 0 Å². The number of ether oxygens (including phenoxy) is 1. The topological polar surface area (TPSA) is 77.8 Å². The molecule has 4 rings (SSSR count). The Balaban J connectivity index is 1.60. The maximum atomic E-state index is 13.1. The third-order valence-electron chi connectivity index (χ3n) is 4.48. The first-order chi connectivity index (χ1) is 12.6. The van der Waals surface area contributed by atoms with Gasteiger partial charge in [0.25, 0.3) is 0 Å². The smallest absolute Gasteiger partial charge is 0.228 e. The molecule has 0 bridgehead atoms. The highest BCUT2D eigenvalue weighted by Crippen LogP contribution is 2.47. The van der Waals surface area contributed by atoms with Gasteiger partial charge in [0, 0.05) is 23.7 Å². The number of methoxy groups -OCH3 is 1. The van der Waals surface area contributed by atoms with Crippen molar-refractivity contribution in [2.24, 2.45) is 5.41 Å². The van der Waals surface area contributed by atoms with E-state index >= 15 is 0 Å². The number of nitrogens with zero attached hydrogens (tertiary/aromatic N) is 5. The van der Waals surface area contributed by atoms with E-state index in [4.69, 9.17) is 4.74 Å². The molecule has 0 spiro atoms. The van der Waals surface area contributed by atoms with Crippen LogP contribution in [-0.2, 0) is 6.54 Å². The highest BCUT2D eigenvalue weighted by atomic mass is 32.1. The molecule has 1 aliphatic rings. The van der Waals surface area contributed by atoms with Gasteiger partial charge in [0.1, 0.15) is 10.7 Å². The van der Waals surface area contributed by atoms with E-state index in [2.05, 4.69) is 24.8 Å². The van der Waals surface area contributed by atoms with Gasteiger partial charge in [-0.25, -0.2) is 9.97 Å². The molecule has 136 valence electrons. The minimum Gasteiger partial charge on any atom is -0.493 e. The quantitative estimate of drug-likeness (QED) is 0.681. The van der Waals surface area contributed by atoms with Crippen LogP contribution in [0, 0.1) is 12.3 Å². The monoisotopic (exact) mass is 374 g/mol. The third-order valence-corrected chi connectivity index (χ3v) is 5.28. The Morgan fingerprint density at radius 3 is 2.88 bits per heavy atom. The number of aryl methyl sites for hydroxylation is 1. The van der Waals surface area contributed by atoms with Crippen molar-refractivity contribution in [3.05, 3.63) is 30.4 Å². The Morgan fingerprint density at radius 2 is 2.23 bits per heavy atom. The summed E-state index contributed by atoms with van der Waals surface area (Å²) in [5.41, 5.74) is 2.16. The number of anilines is 2. The molecule has 9 heteroatoms. The van der Waals surface area contributed by atoms with Crippen LogP contribution in [0.3, 0.4) is 0 Å². The van der Waals surface area contributed by atoms with Crippen LogP contribution >= 0.6 is 11.5 Å². The van der Waals surface area contributed by atoms with Gasteiger partial charge in [0.05, 0.1) is 31.9 Å². The normalized spacial score (nSPS) is 15.0. The SMILES string of the molecule is COc1cnc(Nc2cc(C)ns2)nc1-c1cnn(CC2(CF)CC2)c1. The van der Waals surface area contributed by atoms with Crippen LogP contribution in [-0.4, -0.2) is 37.9 Å². The lowest BCUT2D eigenvalue weighted by Crippen LogP contribution is -2.13. The van der Waals surface area contributed by atoms with Crippen LogP contribution in [0.2, 0.25) is 0 Å². The van der Waals surface area contributed by atoms with E-state index in [-0.39, 0.29) is 12.1 Å². The fraction of sp³-hybridized carbons (Fsp3) is 0.412. The fourth-order valence-electron chi connectivity index (χ4n) is 2.75. The molecule has 0 aromatic carbocycles. The predicted molar refractivity (Wildman–Crippen MR) is 97.6 cm³/mol. The molecule has 0 unspecified atom stereocenters. The first-order valence-corrected chi connectivity index (χ1v) is 9.08. The number of alkyl halides is 1. The predicted octanol–water partition coefficient (Wildman–Crippen LogP) is 3.61. The standard InChI is InChI=1S/C17H19FN6OS/c1-11-5-14(26-23-11)21-16-19-7-13(25-2)15(22-16)12-6-20-24(8-12)10-17(9-18)3-4-17/h5-8H,3-4,9-10H2,1-2H3,(H,19,21,22). The van der Waals surface area contributed by atoms with Crippen LogP contribution in [0.5, 0.6) is 5.75 Å². The second-order valence-electron chi connectivity index (χ2n) is 6.63. The fourth-order valence-corrected chi connectivity index (χ4v) is 3.40. The summed E-state index contributed by atoms with van der Waals surface area (Å²) in [4.78, 5) is 8.85. The van der Waals surface area contributed by atoms with Gasteiger partial charge >= 0.3 is 0 Å². The van der Waals surface area contributed by atoms with Gasteiger partial charge in [-0.1, -0.05) is 0 Å². The zero-order chi connectivity index (χ0) is 18.1. The molecule has 1 N–H and O–H groups in total. The van der Waals surface area contributed by atoms with Crippen molar-refractivity contribution in [2.75, 3.05) is 19.1 Å². The van der Waals surface area contributed by atoms with Gasteiger partial charge in [-0.05, 0) is 37.4 Å². The maximum Gasteiger partial charge on any atom is 0.228 e. The highest BCUT2D eigenvalue weighted by Gasteiger charge is 2.43. The minimum atomic E-state index is -0.304. The van der Waals surface area contributed by atoms with Crippen LogP contribution in [0.25, 0.3) is 11.3 Å². The van der Waals surface area contributed by atoms with Gasteiger partial charge in [0.15, 0.2) is 5.75 Å². The van der Waals surface area contributed by atoms with E-state index in [1.807, 2.05) is 19.2 Å². The summed E-state index contributed by atoms with van der Waals surface area (Å²) in [5.74, 6) is 1.02. The van der Waals surface area contributed by atoms with Crippen LogP contribution in [0.1, 0.15) is 18.5 Å². The summed E-state index contributed by atoms with van der Waals surface area (Å²) in [6.45, 7) is 2.21. The molecule has 3 heterocycles. The first-order valence-electron chi connectivity index (χ1n) is 8.31. The number of rotatable bonds is 7. The molecular weight excluding hydrogens is 355 g/mol. The van der Waals surface area contributed by atoms with Crippen LogP contribution in [0.4, 0.5) is 15.3 Å². The summed E-state index contributed by atoms with van der Waals surface area (Å²) >= 11 is 1.35. The Morgan fingerprint density at radius 1 is 1.38 bits per heavy atom. The zero-order valence-corrected chi connectivity index (χ0v) is 15.4. The van der Waals surface area contributed by atoms with Crippen molar-refractivity contribution in [3.8, 4) is 17.0 Å². The average Bonchev–Trinajstić information content (AvgIpc) is 3.05. The molecule has 26 heavy (non-hydrogen) atoms. The van der Waals surface area contributed by atoms with Gasteiger partial charge in [-0.2, -0.15) is 9.47 Å². The summed E-state index contributed by atoms with van der Waals surface area (Å²) in [7, 11) is 1.58. The number of hydrogen-bond acceptors (Lipinski definition) is 7. The molecule has 0 atom stereocenters. The largest absolute Gasteiger partial charge is 0.493 e. The molecule has 1 saturated carbocycles. The van der Waals surface area contributed by atoms with Crippen molar-refractivity contribution in [2.45, 2.75) is 26.3 Å². The molecular formula is C17H19FN6OS. The minimum absolute atomic E-state index is 0.226. The average molecular weight is 374 g/mol. The lowest BCUT2D eigenvalue weighted by Gasteiger charge is -2.10. The lowest BCUT2D eigenvalue weighted by atomic mass is 10.1. The van der Waals surface area contributed by atoms with Crippen molar-refractivity contribution >= 4 is 22.5 Å². The van der Waals surface area contributed by atoms with Crippen LogP contribution < -0.4 is 10.1 Å². The lowest BCUT2D eigenvalue weighted by molar-refractivity contribution is 0.294. The second-order valence-corrected chi connectivity index (χ2v) is 7.43. The molecule has 3 aromatic rings. The molecule has 0 amide bonds. The van der Waals surface area contributed by atoms with Crippen molar-refractivity contribution in [1.29, 1.82) is 0 Å². The molecule has 1 aliphatic carbocycles. The molecule has 0 aliphatic heterocycles. The van der Waals surface area contributed by atoms with E-state index in [9.17, 15) is 4.39 Å². The second kappa shape index (κ2) is 6.64. The number of hydrogen-bond donors (Lipinski definition) is 1. The number of halogens is 1. The Hall–Kier alpha value is -2.55. The molecule has 1 fully saturated rings. The van der Waals surface area contributed by atoms with Gasteiger partial charge in [-0.15, -0.1) is 0 Å². The van der Waals surface area contributed by atoms with E-state index in [0.29, 0.717) is 23.9 Å². The summed E-state index contributed by atoms with van der Waals surface area (Å²) in [5, 5.41) is 8.38. The zero-order valence-electron chi connectivity index (χ0n) is 14.6. The van der Waals surface area contributed by atoms with Crippen LogP contribution in [0.15, 0.2) is 24.7 Å². The van der Waals surface area contributed by atoms with E-state index in [0.717, 1.165) is 29.1 Å². The van der Waals surface area contributed by atoms with Gasteiger partial charge < -0.3 is 10.1 Å². The molecule has 0 radical (unpaired) electrons. The van der Waals surface area contributed by atoms with Gasteiger partial charge in [-0.3, -0.25) is 9.07 Å². The maximum absolute atomic E-state index is 13.1. The first kappa shape index (κ1) is 16.9. The Kier molecular flexibility index (Phi) is 4.31. The van der Waals surface area contributed by atoms with Crippen molar-refractivity contribution in [1.82, 2.24) is 24.1 Å². The van der Waals surface area contributed by atoms with E-state index in [1.54, 1.807) is 24.2 Å². The van der Waals surface area contributed by atoms with Crippen molar-refractivity contribution < 1.29 is 9.13 Å². The third kappa shape index (κ3) is 3.39. The van der Waals surface area contributed by atoms with Gasteiger partial charge in [0.2, 0.25) is 5.95 Å². The Labute approximate surface area is 154 Å². The number of nitrogens with one attached hydrogen (secondary N) is 1. The number of aromatic nitrogens is 5. The summed E-state index contributed by atoms with van der Waals surface area (Å²) < 4.78 is 24.5. The van der Waals surface area contributed by atoms with E-state index < -0.39 is 0 Å². The summed E-state index contributed by atoms with van der Waals surface area (Å²) in [6.07, 6.45) is 7.05. The Bertz CT molecular complexity index is 920. The molecule has 3 aromatic heterocycles. The van der Waals surface area contributed by atoms with E-state index in [1.165, 1.54) is 11.5 Å². The summed E-state index contributed by atoms with van der Waals surface area (Å²) in [6, 6.07) is 1.93. The molecule has 0 saturated heterocycles.